The number of hydrogen-bond acceptors (Lipinski definition) is 4. The number of aliphatic hydroxyl groups is 1. The average molecular weight is 320 g/mol. The molecule has 0 bridgehead atoms. The molecule has 0 radical (unpaired) electrons. The summed E-state index contributed by atoms with van der Waals surface area (Å²) in [6, 6.07) is 1.55. The van der Waals surface area contributed by atoms with Gasteiger partial charge in [0.2, 0.25) is 0 Å². The summed E-state index contributed by atoms with van der Waals surface area (Å²) in [5.41, 5.74) is 0.350. The molecule has 0 aliphatic heterocycles. The first kappa shape index (κ1) is 16.1. The number of carbonyl (C=O) groups is 1. The van der Waals surface area contributed by atoms with Crippen molar-refractivity contribution >= 4 is 11.8 Å². The van der Waals surface area contributed by atoms with Crippen molar-refractivity contribution in [3.8, 4) is 0 Å². The van der Waals surface area contributed by atoms with Crippen LogP contribution in [0.5, 0.6) is 0 Å². The predicted octanol–water partition coefficient (Wildman–Crippen LogP) is 2.77. The third kappa shape index (κ3) is 3.58. The normalized spacial score (nSPS) is 24.0. The first-order valence-corrected chi connectivity index (χ1v) is 8.19. The van der Waals surface area contributed by atoms with E-state index in [9.17, 15) is 14.7 Å². The lowest BCUT2D eigenvalue weighted by atomic mass is 9.88. The summed E-state index contributed by atoms with van der Waals surface area (Å²) >= 11 is 0. The molecular weight excluding hydrogens is 296 g/mol. The molecule has 6 heteroatoms. The van der Waals surface area contributed by atoms with Crippen molar-refractivity contribution in [2.75, 3.05) is 5.32 Å². The number of ether oxygens (including phenoxy) is 1. The number of rotatable bonds is 3. The van der Waals surface area contributed by atoms with Crippen molar-refractivity contribution in [3.63, 3.8) is 0 Å². The molecule has 2 atom stereocenters. The first-order chi connectivity index (χ1) is 10.7. The molecule has 1 heterocycles. The molecule has 0 unspecified atom stereocenters. The average Bonchev–Trinajstić information content (AvgIpc) is 3.23. The summed E-state index contributed by atoms with van der Waals surface area (Å²) in [4.78, 5) is 24.6. The van der Waals surface area contributed by atoms with Gasteiger partial charge in [-0.25, -0.2) is 4.79 Å². The van der Waals surface area contributed by atoms with Crippen LogP contribution in [0.4, 0.5) is 10.5 Å². The Morgan fingerprint density at radius 1 is 1.30 bits per heavy atom. The highest BCUT2D eigenvalue weighted by Gasteiger charge is 2.33. The van der Waals surface area contributed by atoms with Gasteiger partial charge in [-0.05, 0) is 64.0 Å². The second kappa shape index (κ2) is 5.67. The number of carbonyl (C=O) groups excluding carboxylic acids is 1. The summed E-state index contributed by atoms with van der Waals surface area (Å²) in [7, 11) is 0. The molecular formula is C17H24N2O4. The molecule has 0 spiro atoms. The van der Waals surface area contributed by atoms with Crippen LogP contribution in [0.15, 0.2) is 17.1 Å². The molecule has 2 aliphatic rings. The van der Waals surface area contributed by atoms with Gasteiger partial charge in [0.15, 0.2) is 0 Å². The minimum atomic E-state index is -0.636. The smallest absolute Gasteiger partial charge is 0.412 e. The van der Waals surface area contributed by atoms with E-state index >= 15 is 0 Å². The number of nitrogens with zero attached hydrogens (tertiary/aromatic N) is 1. The molecule has 6 nitrogen and oxygen atoms in total. The molecule has 2 N–H and O–H groups in total. The monoisotopic (exact) mass is 320 g/mol. The van der Waals surface area contributed by atoms with Gasteiger partial charge in [-0.3, -0.25) is 10.1 Å². The topological polar surface area (TPSA) is 80.6 Å². The third-order valence-electron chi connectivity index (χ3n) is 4.31. The molecule has 2 aliphatic carbocycles. The zero-order chi connectivity index (χ0) is 16.8. The Hall–Kier alpha value is -1.82. The first-order valence-electron chi connectivity index (χ1n) is 8.19. The standard InChI is InChI=1S/C17H24N2O4/c1-17(2,3)23-16(22)18-12-8-11(10-4-5-10)9-19(15(12)21)13-6-7-14(13)20/h8-10,13-14,20H,4-7H2,1-3H3,(H,18,22)/t13-,14+/m1/s1. The second-order valence-corrected chi connectivity index (χ2v) is 7.51. The molecule has 0 aromatic carbocycles. The molecule has 126 valence electrons. The molecule has 0 saturated heterocycles. The Morgan fingerprint density at radius 3 is 2.48 bits per heavy atom. The molecule has 2 saturated carbocycles. The lowest BCUT2D eigenvalue weighted by Gasteiger charge is -2.34. The highest BCUT2D eigenvalue weighted by molar-refractivity contribution is 5.84. The Morgan fingerprint density at radius 2 is 2.00 bits per heavy atom. The van der Waals surface area contributed by atoms with Gasteiger partial charge in [0, 0.05) is 6.20 Å². The maximum atomic E-state index is 12.6. The van der Waals surface area contributed by atoms with Crippen LogP contribution < -0.4 is 10.9 Å². The Kier molecular flexibility index (Phi) is 3.96. The zero-order valence-electron chi connectivity index (χ0n) is 13.8. The van der Waals surface area contributed by atoms with Gasteiger partial charge in [-0.2, -0.15) is 0 Å². The van der Waals surface area contributed by atoms with Gasteiger partial charge in [0.1, 0.15) is 11.3 Å². The van der Waals surface area contributed by atoms with Crippen LogP contribution in [0.25, 0.3) is 0 Å². The van der Waals surface area contributed by atoms with E-state index in [0.717, 1.165) is 24.8 Å². The Balaban J connectivity index is 1.89. The molecule has 1 aromatic rings. The lowest BCUT2D eigenvalue weighted by molar-refractivity contribution is 0.0299. The van der Waals surface area contributed by atoms with Crippen LogP contribution in [-0.4, -0.2) is 27.5 Å². The fraction of sp³-hybridized carbons (Fsp3) is 0.647. The number of aliphatic hydroxyl groups excluding tert-OH is 1. The van der Waals surface area contributed by atoms with Gasteiger partial charge in [0.05, 0.1) is 12.1 Å². The fourth-order valence-corrected chi connectivity index (χ4v) is 2.80. The molecule has 1 amide bonds. The van der Waals surface area contributed by atoms with Crippen molar-refractivity contribution < 1.29 is 14.6 Å². The summed E-state index contributed by atoms with van der Waals surface area (Å²) in [6.45, 7) is 5.32. The van der Waals surface area contributed by atoms with E-state index in [-0.39, 0.29) is 17.3 Å². The summed E-state index contributed by atoms with van der Waals surface area (Å²) in [5, 5.41) is 12.5. The zero-order valence-corrected chi connectivity index (χ0v) is 13.8. The van der Waals surface area contributed by atoms with Crippen LogP contribution in [0.2, 0.25) is 0 Å². The lowest BCUT2D eigenvalue weighted by Crippen LogP contribution is -2.40. The Labute approximate surface area is 135 Å². The molecule has 1 aromatic heterocycles. The van der Waals surface area contributed by atoms with Crippen molar-refractivity contribution in [2.24, 2.45) is 0 Å². The quantitative estimate of drug-likeness (QED) is 0.897. The fourth-order valence-electron chi connectivity index (χ4n) is 2.80. The van der Waals surface area contributed by atoms with Crippen LogP contribution in [0, 0.1) is 0 Å². The van der Waals surface area contributed by atoms with Gasteiger partial charge in [-0.15, -0.1) is 0 Å². The van der Waals surface area contributed by atoms with E-state index in [4.69, 9.17) is 4.74 Å². The van der Waals surface area contributed by atoms with E-state index in [1.165, 1.54) is 0 Å². The van der Waals surface area contributed by atoms with Gasteiger partial charge < -0.3 is 14.4 Å². The van der Waals surface area contributed by atoms with Crippen molar-refractivity contribution in [1.82, 2.24) is 4.57 Å². The van der Waals surface area contributed by atoms with E-state index < -0.39 is 17.8 Å². The number of anilines is 1. The largest absolute Gasteiger partial charge is 0.444 e. The molecule has 23 heavy (non-hydrogen) atoms. The summed E-state index contributed by atoms with van der Waals surface area (Å²) < 4.78 is 6.80. The van der Waals surface area contributed by atoms with Crippen molar-refractivity contribution in [3.05, 3.63) is 28.2 Å². The summed E-state index contributed by atoms with van der Waals surface area (Å²) in [5.74, 6) is 0.443. The minimum Gasteiger partial charge on any atom is -0.444 e. The van der Waals surface area contributed by atoms with Gasteiger partial charge in [-0.1, -0.05) is 0 Å². The van der Waals surface area contributed by atoms with Crippen LogP contribution in [-0.2, 0) is 4.74 Å². The second-order valence-electron chi connectivity index (χ2n) is 7.51. The highest BCUT2D eigenvalue weighted by atomic mass is 16.6. The predicted molar refractivity (Wildman–Crippen MR) is 86.8 cm³/mol. The number of nitrogens with one attached hydrogen (secondary N) is 1. The van der Waals surface area contributed by atoms with Crippen LogP contribution >= 0.6 is 0 Å². The van der Waals surface area contributed by atoms with Crippen LogP contribution in [0.3, 0.4) is 0 Å². The highest BCUT2D eigenvalue weighted by Crippen LogP contribution is 2.41. The molecule has 2 fully saturated rings. The Bertz CT molecular complexity index is 670. The summed E-state index contributed by atoms with van der Waals surface area (Å²) in [6.07, 6.45) is 4.39. The maximum absolute atomic E-state index is 12.6. The number of pyridine rings is 1. The molecule has 3 rings (SSSR count). The van der Waals surface area contributed by atoms with Crippen molar-refractivity contribution in [2.45, 2.75) is 70.1 Å². The van der Waals surface area contributed by atoms with Crippen LogP contribution in [0.1, 0.15) is 64.0 Å². The third-order valence-corrected chi connectivity index (χ3v) is 4.31. The van der Waals surface area contributed by atoms with E-state index in [2.05, 4.69) is 5.32 Å². The maximum Gasteiger partial charge on any atom is 0.412 e. The number of aromatic nitrogens is 1. The van der Waals surface area contributed by atoms with E-state index in [0.29, 0.717) is 12.3 Å². The number of hydrogen-bond donors (Lipinski definition) is 2. The van der Waals surface area contributed by atoms with Gasteiger partial charge in [0.25, 0.3) is 5.56 Å². The van der Waals surface area contributed by atoms with E-state index in [1.54, 1.807) is 31.4 Å². The number of amides is 1. The van der Waals surface area contributed by atoms with E-state index in [1.807, 2.05) is 6.20 Å². The van der Waals surface area contributed by atoms with Crippen molar-refractivity contribution in [1.29, 1.82) is 0 Å². The minimum absolute atomic E-state index is 0.194. The van der Waals surface area contributed by atoms with Gasteiger partial charge >= 0.3 is 6.09 Å². The SMILES string of the molecule is CC(C)(C)OC(=O)Nc1cc(C2CC2)cn([C@@H]2CC[C@@H]2O)c1=O.